The predicted octanol–water partition coefficient (Wildman–Crippen LogP) is 4.95. The Morgan fingerprint density at radius 1 is 0.973 bits per heavy atom. The van der Waals surface area contributed by atoms with Gasteiger partial charge >= 0.3 is 0 Å². The number of benzene rings is 3. The van der Waals surface area contributed by atoms with E-state index in [1.165, 1.54) is 5.56 Å². The lowest BCUT2D eigenvalue weighted by molar-refractivity contribution is 0.0980. The van der Waals surface area contributed by atoms with Gasteiger partial charge in [-0.15, -0.1) is 0 Å². The van der Waals surface area contributed by atoms with Crippen molar-refractivity contribution < 1.29 is 18.3 Å². The number of amides is 1. The van der Waals surface area contributed by atoms with E-state index < -0.39 is 22.0 Å². The minimum atomic E-state index is -3.63. The third kappa shape index (κ3) is 7.28. The molecular formula is C30H36N2O4S. The van der Waals surface area contributed by atoms with E-state index in [9.17, 15) is 18.3 Å². The van der Waals surface area contributed by atoms with Gasteiger partial charge in [-0.2, -0.15) is 0 Å². The number of aliphatic hydroxyl groups excluding tert-OH is 1. The Labute approximate surface area is 220 Å². The number of hydrogen-bond donors (Lipinski definition) is 3. The van der Waals surface area contributed by atoms with Crippen LogP contribution in [-0.4, -0.2) is 38.3 Å². The van der Waals surface area contributed by atoms with Crippen LogP contribution in [0.2, 0.25) is 0 Å². The van der Waals surface area contributed by atoms with Gasteiger partial charge in [0.05, 0.1) is 12.4 Å². The first-order valence-corrected chi connectivity index (χ1v) is 14.8. The molecule has 3 aromatic carbocycles. The summed E-state index contributed by atoms with van der Waals surface area (Å²) >= 11 is 0. The first-order valence-electron chi connectivity index (χ1n) is 12.9. The zero-order valence-electron chi connectivity index (χ0n) is 21.5. The molecule has 0 heterocycles. The molecule has 4 rings (SSSR count). The molecule has 6 nitrogen and oxygen atoms in total. The molecule has 0 aromatic heterocycles. The average Bonchev–Trinajstić information content (AvgIpc) is 3.43. The van der Waals surface area contributed by atoms with E-state index in [4.69, 9.17) is 0 Å². The van der Waals surface area contributed by atoms with Crippen molar-refractivity contribution in [1.29, 1.82) is 0 Å². The predicted molar refractivity (Wildman–Crippen MR) is 148 cm³/mol. The monoisotopic (exact) mass is 520 g/mol. The fourth-order valence-corrected chi connectivity index (χ4v) is 5.55. The third-order valence-corrected chi connectivity index (χ3v) is 7.71. The summed E-state index contributed by atoms with van der Waals surface area (Å²) in [6, 6.07) is 23.7. The molecule has 3 aromatic rings. The van der Waals surface area contributed by atoms with Crippen LogP contribution in [0, 0.1) is 0 Å². The molecule has 1 amide bonds. The molecule has 7 heteroatoms. The summed E-state index contributed by atoms with van der Waals surface area (Å²) in [6.07, 6.45) is 5.53. The topological polar surface area (TPSA) is 95.5 Å². The van der Waals surface area contributed by atoms with Crippen LogP contribution in [0.25, 0.3) is 11.1 Å². The number of sulfonamides is 1. The second-order valence-electron chi connectivity index (χ2n) is 10.0. The number of hydrogen-bond acceptors (Lipinski definition) is 5. The molecule has 0 aliphatic heterocycles. The first kappa shape index (κ1) is 27.0. The third-order valence-electron chi connectivity index (χ3n) is 7.15. The highest BCUT2D eigenvalue weighted by molar-refractivity contribution is 7.89. The molecule has 196 valence electrons. The SMILES string of the molecule is C[C@H](NCCc1ccc(-c2ccc(C(=O)NS(C)(=O)=O)c(C3CCCC3)c2)cc1)[C@@H](O)c1ccccc1. The number of nitrogens with one attached hydrogen (secondary N) is 2. The van der Waals surface area contributed by atoms with Gasteiger partial charge in [-0.1, -0.05) is 79.6 Å². The normalized spacial score (nSPS) is 15.9. The molecular weight excluding hydrogens is 484 g/mol. The van der Waals surface area contributed by atoms with Crippen LogP contribution < -0.4 is 10.0 Å². The fourth-order valence-electron chi connectivity index (χ4n) is 5.11. The van der Waals surface area contributed by atoms with Crippen LogP contribution in [0.1, 0.15) is 71.7 Å². The van der Waals surface area contributed by atoms with Crippen molar-refractivity contribution in [2.45, 2.75) is 57.1 Å². The summed E-state index contributed by atoms with van der Waals surface area (Å²) in [5, 5.41) is 14.0. The van der Waals surface area contributed by atoms with Crippen molar-refractivity contribution in [3.63, 3.8) is 0 Å². The molecule has 37 heavy (non-hydrogen) atoms. The maximum atomic E-state index is 12.7. The zero-order valence-corrected chi connectivity index (χ0v) is 22.3. The van der Waals surface area contributed by atoms with Crippen LogP contribution >= 0.6 is 0 Å². The minimum absolute atomic E-state index is 0.0610. The van der Waals surface area contributed by atoms with Crippen LogP contribution in [0.15, 0.2) is 72.8 Å². The molecule has 2 atom stereocenters. The Bertz CT molecular complexity index is 1300. The van der Waals surface area contributed by atoms with Gasteiger partial charge in [0, 0.05) is 11.6 Å². The molecule has 0 radical (unpaired) electrons. The quantitative estimate of drug-likeness (QED) is 0.351. The number of aliphatic hydroxyl groups is 1. The Kier molecular flexibility index (Phi) is 8.79. The summed E-state index contributed by atoms with van der Waals surface area (Å²) in [6.45, 7) is 2.74. The van der Waals surface area contributed by atoms with Crippen molar-refractivity contribution >= 4 is 15.9 Å². The van der Waals surface area contributed by atoms with Gasteiger partial charge in [0.1, 0.15) is 0 Å². The summed E-state index contributed by atoms with van der Waals surface area (Å²) in [5.74, 6) is -0.302. The summed E-state index contributed by atoms with van der Waals surface area (Å²) in [5.41, 5.74) is 5.54. The van der Waals surface area contributed by atoms with Gasteiger partial charge < -0.3 is 10.4 Å². The number of carbonyl (C=O) groups is 1. The Morgan fingerprint density at radius 3 is 2.27 bits per heavy atom. The Hall–Kier alpha value is -3.00. The second-order valence-corrected chi connectivity index (χ2v) is 11.8. The average molecular weight is 521 g/mol. The van der Waals surface area contributed by atoms with E-state index in [2.05, 4.69) is 40.4 Å². The van der Waals surface area contributed by atoms with Crippen LogP contribution in [-0.2, 0) is 16.4 Å². The summed E-state index contributed by atoms with van der Waals surface area (Å²) in [4.78, 5) is 12.7. The molecule has 0 spiro atoms. The summed E-state index contributed by atoms with van der Waals surface area (Å²) in [7, 11) is -3.63. The van der Waals surface area contributed by atoms with E-state index in [1.807, 2.05) is 43.3 Å². The number of carbonyl (C=O) groups excluding carboxylic acids is 1. The first-order chi connectivity index (χ1) is 17.7. The van der Waals surface area contributed by atoms with Gasteiger partial charge in [-0.05, 0) is 72.5 Å². The van der Waals surface area contributed by atoms with Crippen molar-refractivity contribution in [3.05, 3.63) is 95.1 Å². The maximum absolute atomic E-state index is 12.7. The lowest BCUT2D eigenvalue weighted by Gasteiger charge is -2.20. The molecule has 0 unspecified atom stereocenters. The smallest absolute Gasteiger partial charge is 0.265 e. The summed E-state index contributed by atoms with van der Waals surface area (Å²) < 4.78 is 25.4. The van der Waals surface area contributed by atoms with Crippen LogP contribution in [0.4, 0.5) is 0 Å². The second kappa shape index (κ2) is 12.0. The molecule has 1 fully saturated rings. The lowest BCUT2D eigenvalue weighted by atomic mass is 9.89. The van der Waals surface area contributed by atoms with E-state index >= 15 is 0 Å². The van der Waals surface area contributed by atoms with Crippen LogP contribution in [0.5, 0.6) is 0 Å². The molecule has 1 aliphatic rings. The van der Waals surface area contributed by atoms with E-state index in [0.717, 1.165) is 67.2 Å². The van der Waals surface area contributed by atoms with Crippen LogP contribution in [0.3, 0.4) is 0 Å². The highest BCUT2D eigenvalue weighted by Gasteiger charge is 2.24. The van der Waals surface area contributed by atoms with Crippen molar-refractivity contribution in [1.82, 2.24) is 10.0 Å². The van der Waals surface area contributed by atoms with Gasteiger partial charge in [-0.3, -0.25) is 4.79 Å². The van der Waals surface area contributed by atoms with Gasteiger partial charge in [-0.25, -0.2) is 13.1 Å². The Morgan fingerprint density at radius 2 is 1.62 bits per heavy atom. The lowest BCUT2D eigenvalue weighted by Crippen LogP contribution is -2.33. The molecule has 0 bridgehead atoms. The molecule has 3 N–H and O–H groups in total. The van der Waals surface area contributed by atoms with Crippen molar-refractivity contribution in [2.75, 3.05) is 12.8 Å². The molecule has 1 saturated carbocycles. The van der Waals surface area contributed by atoms with Gasteiger partial charge in [0.25, 0.3) is 5.91 Å². The Balaban J connectivity index is 1.42. The highest BCUT2D eigenvalue weighted by atomic mass is 32.2. The van der Waals surface area contributed by atoms with Gasteiger partial charge in [0.15, 0.2) is 0 Å². The van der Waals surface area contributed by atoms with Crippen molar-refractivity contribution in [2.24, 2.45) is 0 Å². The fraction of sp³-hybridized carbons (Fsp3) is 0.367. The zero-order chi connectivity index (χ0) is 26.4. The maximum Gasteiger partial charge on any atom is 0.265 e. The minimum Gasteiger partial charge on any atom is -0.387 e. The van der Waals surface area contributed by atoms with E-state index in [0.29, 0.717) is 5.56 Å². The van der Waals surface area contributed by atoms with E-state index in [1.54, 1.807) is 6.07 Å². The van der Waals surface area contributed by atoms with Gasteiger partial charge in [0.2, 0.25) is 10.0 Å². The highest BCUT2D eigenvalue weighted by Crippen LogP contribution is 2.38. The number of rotatable bonds is 10. The largest absolute Gasteiger partial charge is 0.387 e. The van der Waals surface area contributed by atoms with E-state index in [-0.39, 0.29) is 12.0 Å². The van der Waals surface area contributed by atoms with Crippen molar-refractivity contribution in [3.8, 4) is 11.1 Å². The standard InChI is InChI=1S/C30H36N2O4S/c1-21(29(33)25-10-4-3-5-11-25)31-19-18-22-12-14-23(15-13-22)26-16-17-27(30(34)32-37(2,35)36)28(20-26)24-8-6-7-9-24/h3-5,10-17,20-21,24,29,31,33H,6-9,18-19H2,1-2H3,(H,32,34)/t21-,29+/m0/s1. The molecule has 1 aliphatic carbocycles. The molecule has 0 saturated heterocycles.